The minimum absolute atomic E-state index is 0.114. The number of rotatable bonds is 8. The highest BCUT2D eigenvalue weighted by molar-refractivity contribution is 6.22. The van der Waals surface area contributed by atoms with Gasteiger partial charge in [0.15, 0.2) is 5.84 Å². The van der Waals surface area contributed by atoms with Crippen LogP contribution in [0.4, 0.5) is 17.2 Å². The van der Waals surface area contributed by atoms with Crippen LogP contribution in [0.1, 0.15) is 34.0 Å². The van der Waals surface area contributed by atoms with Crippen LogP contribution in [-0.2, 0) is 6.54 Å². The summed E-state index contributed by atoms with van der Waals surface area (Å²) in [4.78, 5) is 12.4. The SMILES string of the molecule is Cc1cc(C(N)=NC(=NCc2ccccc2)c2ccccc2)ccc1-n1c2ccccc2c2ccc3c4c(n(-c5ccccc5)c3c21)NC(c1ccccc1)N4c1ccccc1. The van der Waals surface area contributed by atoms with Crippen LogP contribution < -0.4 is 16.0 Å². The maximum atomic E-state index is 6.88. The van der Waals surface area contributed by atoms with Crippen molar-refractivity contribution in [2.24, 2.45) is 15.7 Å². The number of nitrogens with one attached hydrogen (secondary N) is 1. The van der Waals surface area contributed by atoms with Crippen molar-refractivity contribution in [1.29, 1.82) is 0 Å². The molecule has 298 valence electrons. The lowest BCUT2D eigenvalue weighted by Crippen LogP contribution is -2.24. The fraction of sp³-hybridized carbons (Fsp3) is 0.0545. The van der Waals surface area contributed by atoms with Crippen molar-refractivity contribution in [3.05, 3.63) is 234 Å². The standard InChI is InChI=1S/C55H43N7/c1-37-35-41(52(56)58-53(39-21-9-3-10-22-39)57-36-38-19-7-2-8-20-38)31-34-47(37)62-48-30-18-17-29-44(48)45-32-33-46-50(49(45)62)60(42-25-13-5-14-26-42)55-51(46)61(43-27-15-6-16-28-43)54(59-55)40-23-11-4-12-24-40/h2-35,54,59H,36H2,1H3,(H2,56,57,58). The fourth-order valence-corrected chi connectivity index (χ4v) is 9.10. The number of amidine groups is 2. The number of benzene rings is 8. The van der Waals surface area contributed by atoms with Crippen LogP contribution in [0.25, 0.3) is 44.1 Å². The Balaban J connectivity index is 1.12. The molecule has 0 radical (unpaired) electrons. The second-order valence-corrected chi connectivity index (χ2v) is 15.7. The lowest BCUT2D eigenvalue weighted by Gasteiger charge is -2.28. The number of aryl methyl sites for hydroxylation is 1. The third-order valence-electron chi connectivity index (χ3n) is 11.9. The minimum atomic E-state index is -0.114. The van der Waals surface area contributed by atoms with E-state index in [1.165, 1.54) is 16.3 Å². The van der Waals surface area contributed by atoms with Gasteiger partial charge in [-0.2, -0.15) is 0 Å². The van der Waals surface area contributed by atoms with Gasteiger partial charge in [0.1, 0.15) is 17.8 Å². The molecular formula is C55H43N7. The second kappa shape index (κ2) is 15.5. The van der Waals surface area contributed by atoms with E-state index in [2.05, 4.69) is 184 Å². The molecule has 0 amide bonds. The van der Waals surface area contributed by atoms with Gasteiger partial charge in [-0.25, -0.2) is 4.99 Å². The molecule has 0 aliphatic carbocycles. The molecule has 7 heteroatoms. The van der Waals surface area contributed by atoms with Gasteiger partial charge in [-0.1, -0.05) is 152 Å². The minimum Gasteiger partial charge on any atom is -0.383 e. The van der Waals surface area contributed by atoms with Crippen LogP contribution in [0.2, 0.25) is 0 Å². The van der Waals surface area contributed by atoms with Crippen LogP contribution in [0.15, 0.2) is 216 Å². The first-order valence-corrected chi connectivity index (χ1v) is 21.0. The average molecular weight is 802 g/mol. The van der Waals surface area contributed by atoms with Crippen molar-refractivity contribution in [1.82, 2.24) is 9.13 Å². The Bertz CT molecular complexity index is 3300. The average Bonchev–Trinajstić information content (AvgIpc) is 3.99. The summed E-state index contributed by atoms with van der Waals surface area (Å²) in [5.41, 5.74) is 19.8. The lowest BCUT2D eigenvalue weighted by molar-refractivity contribution is 0.823. The van der Waals surface area contributed by atoms with Crippen molar-refractivity contribution >= 4 is 61.6 Å². The molecule has 0 saturated carbocycles. The summed E-state index contributed by atoms with van der Waals surface area (Å²) in [6.45, 7) is 2.66. The molecule has 1 atom stereocenters. The Labute approximate surface area is 360 Å². The molecule has 0 bridgehead atoms. The van der Waals surface area contributed by atoms with Gasteiger partial charge in [0.05, 0.1) is 28.8 Å². The van der Waals surface area contributed by atoms with Crippen LogP contribution in [0, 0.1) is 6.92 Å². The van der Waals surface area contributed by atoms with E-state index in [4.69, 9.17) is 15.7 Å². The van der Waals surface area contributed by atoms with Gasteiger partial charge in [-0.3, -0.25) is 9.56 Å². The van der Waals surface area contributed by atoms with Crippen LogP contribution in [-0.4, -0.2) is 20.8 Å². The molecule has 1 aliphatic heterocycles. The molecule has 0 fully saturated rings. The van der Waals surface area contributed by atoms with E-state index in [-0.39, 0.29) is 6.17 Å². The zero-order chi connectivity index (χ0) is 41.6. The highest BCUT2D eigenvalue weighted by Crippen LogP contribution is 2.54. The Morgan fingerprint density at radius 1 is 0.565 bits per heavy atom. The third-order valence-corrected chi connectivity index (χ3v) is 11.9. The van der Waals surface area contributed by atoms with Crippen LogP contribution >= 0.6 is 0 Å². The monoisotopic (exact) mass is 801 g/mol. The predicted octanol–water partition coefficient (Wildman–Crippen LogP) is 12.7. The second-order valence-electron chi connectivity index (χ2n) is 15.7. The highest BCUT2D eigenvalue weighted by atomic mass is 15.4. The van der Waals surface area contributed by atoms with E-state index >= 15 is 0 Å². The zero-order valence-corrected chi connectivity index (χ0v) is 34.2. The van der Waals surface area contributed by atoms with Gasteiger partial charge in [0.25, 0.3) is 0 Å². The summed E-state index contributed by atoms with van der Waals surface area (Å²) in [5, 5.41) is 7.56. The van der Waals surface area contributed by atoms with Crippen molar-refractivity contribution in [3.63, 3.8) is 0 Å². The van der Waals surface area contributed by atoms with E-state index in [1.54, 1.807) is 0 Å². The summed E-state index contributed by atoms with van der Waals surface area (Å²) < 4.78 is 4.86. The zero-order valence-electron chi connectivity index (χ0n) is 34.2. The number of hydrogen-bond donors (Lipinski definition) is 2. The van der Waals surface area contributed by atoms with Crippen LogP contribution in [0.5, 0.6) is 0 Å². The Kier molecular flexibility index (Phi) is 9.20. The molecule has 8 aromatic carbocycles. The predicted molar refractivity (Wildman–Crippen MR) is 258 cm³/mol. The summed E-state index contributed by atoms with van der Waals surface area (Å²) in [6, 6.07) is 72.2. The van der Waals surface area contributed by atoms with Gasteiger partial charge < -0.3 is 20.5 Å². The number of aliphatic imine (C=N–C) groups is 2. The number of para-hydroxylation sites is 3. The lowest BCUT2D eigenvalue weighted by atomic mass is 10.1. The fourth-order valence-electron chi connectivity index (χ4n) is 9.10. The van der Waals surface area contributed by atoms with Crippen molar-refractivity contribution in [2.45, 2.75) is 19.6 Å². The van der Waals surface area contributed by atoms with Crippen molar-refractivity contribution < 1.29 is 0 Å². The first-order chi connectivity index (χ1) is 30.6. The molecule has 0 saturated heterocycles. The van der Waals surface area contributed by atoms with Gasteiger partial charge in [0.2, 0.25) is 0 Å². The molecule has 62 heavy (non-hydrogen) atoms. The van der Waals surface area contributed by atoms with E-state index in [0.717, 1.165) is 72.8 Å². The van der Waals surface area contributed by atoms with Crippen molar-refractivity contribution in [3.8, 4) is 11.4 Å². The summed E-state index contributed by atoms with van der Waals surface area (Å²) in [6.07, 6.45) is -0.114. The Morgan fingerprint density at radius 2 is 1.16 bits per heavy atom. The molecule has 1 unspecified atom stereocenters. The van der Waals surface area contributed by atoms with Crippen LogP contribution in [0.3, 0.4) is 0 Å². The number of aromatic nitrogens is 2. The highest BCUT2D eigenvalue weighted by Gasteiger charge is 2.38. The van der Waals surface area contributed by atoms with E-state index in [0.29, 0.717) is 18.2 Å². The molecule has 3 N–H and O–H groups in total. The maximum absolute atomic E-state index is 6.88. The summed E-state index contributed by atoms with van der Waals surface area (Å²) >= 11 is 0. The van der Waals surface area contributed by atoms with Gasteiger partial charge >= 0.3 is 0 Å². The van der Waals surface area contributed by atoms with E-state index < -0.39 is 0 Å². The number of nitrogens with two attached hydrogens (primary N) is 1. The first-order valence-electron chi connectivity index (χ1n) is 21.0. The quantitative estimate of drug-likeness (QED) is 0.119. The molecular weight excluding hydrogens is 759 g/mol. The normalized spacial score (nSPS) is 14.1. The third kappa shape index (κ3) is 6.30. The molecule has 2 aromatic heterocycles. The van der Waals surface area contributed by atoms with Gasteiger partial charge in [-0.15, -0.1) is 0 Å². The molecule has 7 nitrogen and oxygen atoms in total. The van der Waals surface area contributed by atoms with Gasteiger partial charge in [0, 0.05) is 44.3 Å². The van der Waals surface area contributed by atoms with Crippen molar-refractivity contribution in [2.75, 3.05) is 10.2 Å². The number of fused-ring (bicyclic) bond motifs is 7. The number of nitrogens with zero attached hydrogens (tertiary/aromatic N) is 5. The summed E-state index contributed by atoms with van der Waals surface area (Å²) in [7, 11) is 0. The van der Waals surface area contributed by atoms with E-state index in [1.807, 2.05) is 48.5 Å². The molecule has 10 aromatic rings. The maximum Gasteiger partial charge on any atom is 0.157 e. The Hall–Kier alpha value is -8.16. The smallest absolute Gasteiger partial charge is 0.157 e. The van der Waals surface area contributed by atoms with E-state index in [9.17, 15) is 0 Å². The number of anilines is 3. The first kappa shape index (κ1) is 36.9. The molecule has 1 aliphatic rings. The summed E-state index contributed by atoms with van der Waals surface area (Å²) in [5.74, 6) is 2.06. The molecule has 11 rings (SSSR count). The molecule has 3 heterocycles. The Morgan fingerprint density at radius 3 is 1.87 bits per heavy atom. The molecule has 0 spiro atoms. The topological polar surface area (TPSA) is 75.9 Å². The van der Waals surface area contributed by atoms with Gasteiger partial charge in [-0.05, 0) is 78.2 Å². The largest absolute Gasteiger partial charge is 0.383 e. The number of hydrogen-bond acceptors (Lipinski definition) is 3.